The number of nitrogens with zero attached hydrogens (tertiary/aromatic N) is 3. The van der Waals surface area contributed by atoms with Crippen LogP contribution in [0.3, 0.4) is 0 Å². The third kappa shape index (κ3) is 4.65. The number of aryl methyl sites for hydroxylation is 1. The van der Waals surface area contributed by atoms with Crippen LogP contribution in [-0.4, -0.2) is 27.3 Å². The van der Waals surface area contributed by atoms with Gasteiger partial charge in [-0.15, -0.1) is 0 Å². The van der Waals surface area contributed by atoms with E-state index in [0.29, 0.717) is 12.6 Å². The van der Waals surface area contributed by atoms with Crippen molar-refractivity contribution in [2.45, 2.75) is 45.2 Å². The first-order valence-corrected chi connectivity index (χ1v) is 10.2. The first-order chi connectivity index (χ1) is 14.2. The van der Waals surface area contributed by atoms with Gasteiger partial charge in [-0.25, -0.2) is 0 Å². The number of amides is 1. The molecular weight excluding hydrogens is 364 g/mol. The molecule has 0 atom stereocenters. The monoisotopic (exact) mass is 390 g/mol. The summed E-state index contributed by atoms with van der Waals surface area (Å²) in [5, 5.41) is 7.71. The lowest BCUT2D eigenvalue weighted by Crippen LogP contribution is -2.28. The lowest BCUT2D eigenvalue weighted by Gasteiger charge is -2.13. The Morgan fingerprint density at radius 3 is 2.72 bits per heavy atom. The summed E-state index contributed by atoms with van der Waals surface area (Å²) in [6.45, 7) is 2.32. The van der Waals surface area contributed by atoms with Gasteiger partial charge >= 0.3 is 0 Å². The average molecular weight is 390 g/mol. The number of nitrogens with one attached hydrogen (secondary N) is 1. The largest absolute Gasteiger partial charge is 0.484 e. The number of para-hydroxylation sites is 1. The normalized spacial score (nSPS) is 14.1. The molecule has 6 nitrogen and oxygen atoms in total. The maximum atomic E-state index is 12.2. The number of aromatic nitrogens is 3. The predicted molar refractivity (Wildman–Crippen MR) is 111 cm³/mol. The summed E-state index contributed by atoms with van der Waals surface area (Å²) in [7, 11) is 0. The molecule has 0 saturated heterocycles. The molecule has 6 heteroatoms. The van der Waals surface area contributed by atoms with Crippen LogP contribution in [0.4, 0.5) is 0 Å². The van der Waals surface area contributed by atoms with E-state index in [2.05, 4.69) is 15.0 Å². The van der Waals surface area contributed by atoms with E-state index in [1.807, 2.05) is 55.5 Å². The molecule has 0 bridgehead atoms. The molecule has 0 radical (unpaired) electrons. The van der Waals surface area contributed by atoms with Crippen LogP contribution in [0.1, 0.15) is 43.0 Å². The van der Waals surface area contributed by atoms with Crippen molar-refractivity contribution < 1.29 is 9.53 Å². The number of benzene rings is 1. The van der Waals surface area contributed by atoms with Crippen molar-refractivity contribution in [2.24, 2.45) is 0 Å². The zero-order chi connectivity index (χ0) is 20.1. The van der Waals surface area contributed by atoms with E-state index in [9.17, 15) is 4.79 Å². The van der Waals surface area contributed by atoms with Gasteiger partial charge in [0.2, 0.25) is 0 Å². The van der Waals surface area contributed by atoms with Crippen LogP contribution in [0.15, 0.2) is 54.7 Å². The second-order valence-electron chi connectivity index (χ2n) is 7.45. The van der Waals surface area contributed by atoms with E-state index in [0.717, 1.165) is 41.2 Å². The molecule has 1 fully saturated rings. The van der Waals surface area contributed by atoms with Crippen molar-refractivity contribution in [2.75, 3.05) is 6.61 Å². The lowest BCUT2D eigenvalue weighted by molar-refractivity contribution is -0.123. The molecule has 29 heavy (non-hydrogen) atoms. The number of hydrogen-bond donors (Lipinski definition) is 1. The first kappa shape index (κ1) is 19.2. The maximum Gasteiger partial charge on any atom is 0.258 e. The molecule has 4 rings (SSSR count). The van der Waals surface area contributed by atoms with Gasteiger partial charge in [0.1, 0.15) is 5.75 Å². The topological polar surface area (TPSA) is 69.0 Å². The van der Waals surface area contributed by atoms with Crippen LogP contribution < -0.4 is 10.1 Å². The third-order valence-corrected chi connectivity index (χ3v) is 5.30. The van der Waals surface area contributed by atoms with Crippen LogP contribution >= 0.6 is 0 Å². The quantitative estimate of drug-likeness (QED) is 0.660. The average Bonchev–Trinajstić information content (AvgIpc) is 3.42. The second-order valence-corrected chi connectivity index (χ2v) is 7.45. The fourth-order valence-electron chi connectivity index (χ4n) is 3.77. The van der Waals surface area contributed by atoms with Crippen LogP contribution in [0.5, 0.6) is 5.75 Å². The van der Waals surface area contributed by atoms with Gasteiger partial charge in [-0.2, -0.15) is 5.10 Å². The summed E-state index contributed by atoms with van der Waals surface area (Å²) in [6.07, 6.45) is 6.53. The predicted octanol–water partition coefficient (Wildman–Crippen LogP) is 4.06. The Labute approximate surface area is 170 Å². The van der Waals surface area contributed by atoms with Crippen LogP contribution in [-0.2, 0) is 11.3 Å². The molecule has 2 heterocycles. The SMILES string of the molecule is Cc1ccccc1OCC(=O)NCc1cc(-c2ccccn2)n(C2CCCC2)n1. The summed E-state index contributed by atoms with van der Waals surface area (Å²) < 4.78 is 7.72. The molecule has 1 aromatic carbocycles. The minimum Gasteiger partial charge on any atom is -0.484 e. The van der Waals surface area contributed by atoms with Gasteiger partial charge in [0.25, 0.3) is 5.91 Å². The molecule has 1 N–H and O–H groups in total. The second kappa shape index (κ2) is 8.90. The molecule has 1 saturated carbocycles. The molecular formula is C23H26N4O2. The van der Waals surface area contributed by atoms with Crippen LogP contribution in [0.2, 0.25) is 0 Å². The van der Waals surface area contributed by atoms with E-state index < -0.39 is 0 Å². The van der Waals surface area contributed by atoms with E-state index in [-0.39, 0.29) is 12.5 Å². The van der Waals surface area contributed by atoms with Crippen molar-refractivity contribution in [1.29, 1.82) is 0 Å². The number of pyridine rings is 1. The number of carbonyl (C=O) groups excluding carboxylic acids is 1. The third-order valence-electron chi connectivity index (χ3n) is 5.30. The highest BCUT2D eigenvalue weighted by atomic mass is 16.5. The Kier molecular flexibility index (Phi) is 5.89. The van der Waals surface area contributed by atoms with Crippen molar-refractivity contribution in [1.82, 2.24) is 20.1 Å². The summed E-state index contributed by atoms with van der Waals surface area (Å²) in [4.78, 5) is 16.7. The van der Waals surface area contributed by atoms with Gasteiger partial charge in [-0.3, -0.25) is 14.5 Å². The maximum absolute atomic E-state index is 12.2. The van der Waals surface area contributed by atoms with E-state index >= 15 is 0 Å². The number of carbonyl (C=O) groups is 1. The van der Waals surface area contributed by atoms with Gasteiger partial charge in [0.05, 0.1) is 29.7 Å². The molecule has 0 spiro atoms. The highest BCUT2D eigenvalue weighted by Crippen LogP contribution is 2.33. The van der Waals surface area contributed by atoms with E-state index in [1.165, 1.54) is 12.8 Å². The summed E-state index contributed by atoms with van der Waals surface area (Å²) >= 11 is 0. The summed E-state index contributed by atoms with van der Waals surface area (Å²) in [6, 6.07) is 16.0. The minimum atomic E-state index is -0.164. The van der Waals surface area contributed by atoms with Crippen molar-refractivity contribution in [3.05, 3.63) is 66.0 Å². The number of ether oxygens (including phenoxy) is 1. The van der Waals surface area contributed by atoms with Gasteiger partial charge in [0, 0.05) is 6.20 Å². The highest BCUT2D eigenvalue weighted by Gasteiger charge is 2.22. The molecule has 2 aromatic heterocycles. The van der Waals surface area contributed by atoms with Crippen molar-refractivity contribution in [3.8, 4) is 17.1 Å². The molecule has 0 aliphatic heterocycles. The summed E-state index contributed by atoms with van der Waals surface area (Å²) in [5.41, 5.74) is 3.77. The zero-order valence-electron chi connectivity index (χ0n) is 16.7. The molecule has 1 aliphatic carbocycles. The molecule has 3 aromatic rings. The minimum absolute atomic E-state index is 0.0126. The van der Waals surface area contributed by atoms with Gasteiger partial charge in [-0.1, -0.05) is 37.1 Å². The Morgan fingerprint density at radius 1 is 1.17 bits per heavy atom. The van der Waals surface area contributed by atoms with Crippen LogP contribution in [0.25, 0.3) is 11.4 Å². The van der Waals surface area contributed by atoms with Crippen molar-refractivity contribution in [3.63, 3.8) is 0 Å². The Hall–Kier alpha value is -3.15. The fourth-order valence-corrected chi connectivity index (χ4v) is 3.77. The molecule has 150 valence electrons. The zero-order valence-corrected chi connectivity index (χ0v) is 16.7. The summed E-state index contributed by atoms with van der Waals surface area (Å²) in [5.74, 6) is 0.564. The standard InChI is InChI=1S/C23H26N4O2/c1-17-8-2-5-12-22(17)29-16-23(28)25-15-18-14-21(20-11-6-7-13-24-20)27(26-18)19-9-3-4-10-19/h2,5-8,11-14,19H,3-4,9-10,15-16H2,1H3,(H,25,28). The highest BCUT2D eigenvalue weighted by molar-refractivity contribution is 5.77. The van der Waals surface area contributed by atoms with Crippen molar-refractivity contribution >= 4 is 5.91 Å². The molecule has 0 unspecified atom stereocenters. The fraction of sp³-hybridized carbons (Fsp3) is 0.348. The Balaban J connectivity index is 1.42. The van der Waals surface area contributed by atoms with Crippen LogP contribution in [0, 0.1) is 6.92 Å². The molecule has 1 amide bonds. The lowest BCUT2D eigenvalue weighted by atomic mass is 10.2. The van der Waals surface area contributed by atoms with Gasteiger partial charge < -0.3 is 10.1 Å². The van der Waals surface area contributed by atoms with Gasteiger partial charge in [0.15, 0.2) is 6.61 Å². The number of rotatable bonds is 7. The van der Waals surface area contributed by atoms with E-state index in [1.54, 1.807) is 6.20 Å². The Bertz CT molecular complexity index is 962. The van der Waals surface area contributed by atoms with E-state index in [4.69, 9.17) is 9.84 Å². The van der Waals surface area contributed by atoms with Gasteiger partial charge in [-0.05, 0) is 49.6 Å². The molecule has 1 aliphatic rings. The first-order valence-electron chi connectivity index (χ1n) is 10.2. The number of hydrogen-bond acceptors (Lipinski definition) is 4. The Morgan fingerprint density at radius 2 is 1.97 bits per heavy atom. The smallest absolute Gasteiger partial charge is 0.258 e.